The molecule has 5 nitrogen and oxygen atoms in total. The fraction of sp³-hybridized carbons (Fsp3) is 0.733. The fourth-order valence-corrected chi connectivity index (χ4v) is 5.47. The number of hydrogen-bond donors (Lipinski definition) is 2. The third-order valence-corrected chi connectivity index (χ3v) is 5.76. The van der Waals surface area contributed by atoms with Gasteiger partial charge in [-0.2, -0.15) is 0 Å². The van der Waals surface area contributed by atoms with Crippen LogP contribution in [0.1, 0.15) is 60.3 Å². The smallest absolute Gasteiger partial charge is 0.270 e. The van der Waals surface area contributed by atoms with Crippen molar-refractivity contribution in [3.05, 3.63) is 17.0 Å². The number of hydrazine groups is 1. The van der Waals surface area contributed by atoms with E-state index in [4.69, 9.17) is 10.4 Å². The zero-order chi connectivity index (χ0) is 13.9. The van der Waals surface area contributed by atoms with E-state index in [0.29, 0.717) is 11.3 Å². The van der Waals surface area contributed by atoms with Gasteiger partial charge in [0.2, 0.25) is 0 Å². The molecule has 4 aliphatic carbocycles. The average Bonchev–Trinajstić information content (AvgIpc) is 2.79. The van der Waals surface area contributed by atoms with Crippen molar-refractivity contribution >= 4 is 5.91 Å². The summed E-state index contributed by atoms with van der Waals surface area (Å²) < 4.78 is 5.34. The quantitative estimate of drug-likeness (QED) is 0.492. The Hall–Kier alpha value is -1.36. The zero-order valence-corrected chi connectivity index (χ0v) is 11.8. The molecule has 1 aromatic rings. The number of nitrogen functional groups attached to an aromatic ring is 1. The molecule has 0 aliphatic heterocycles. The highest BCUT2D eigenvalue weighted by molar-refractivity contribution is 5.96. The number of nitrogens with two attached hydrogens (primary N) is 1. The standard InChI is InChI=1S/C15H21N3O2/c1-8-12(14(19)17-16)13(18-20-8)15-5-9-2-10(6-15)4-11(3-9)7-15/h9-11H,2-7,16H2,1H3,(H,17,19). The van der Waals surface area contributed by atoms with E-state index in [1.165, 1.54) is 19.3 Å². The van der Waals surface area contributed by atoms with Gasteiger partial charge in [-0.15, -0.1) is 0 Å². The van der Waals surface area contributed by atoms with E-state index in [2.05, 4.69) is 10.6 Å². The van der Waals surface area contributed by atoms with E-state index in [0.717, 1.165) is 42.7 Å². The van der Waals surface area contributed by atoms with Gasteiger partial charge in [-0.05, 0) is 63.2 Å². The average molecular weight is 275 g/mol. The molecule has 1 aromatic heterocycles. The van der Waals surface area contributed by atoms with Gasteiger partial charge in [0.25, 0.3) is 5.91 Å². The monoisotopic (exact) mass is 275 g/mol. The minimum absolute atomic E-state index is 0.0638. The SMILES string of the molecule is Cc1onc(C23CC4CC(CC(C4)C2)C3)c1C(=O)NN. The maximum Gasteiger partial charge on any atom is 0.270 e. The number of aromatic nitrogens is 1. The van der Waals surface area contributed by atoms with Crippen molar-refractivity contribution in [3.63, 3.8) is 0 Å². The number of rotatable bonds is 2. The molecular weight excluding hydrogens is 254 g/mol. The summed E-state index contributed by atoms with van der Waals surface area (Å²) in [6.45, 7) is 1.79. The summed E-state index contributed by atoms with van der Waals surface area (Å²) in [4.78, 5) is 12.1. The minimum Gasteiger partial charge on any atom is -0.361 e. The van der Waals surface area contributed by atoms with Crippen LogP contribution in [-0.4, -0.2) is 11.1 Å². The van der Waals surface area contributed by atoms with Crippen molar-refractivity contribution < 1.29 is 9.32 Å². The molecule has 4 saturated carbocycles. The number of carbonyl (C=O) groups excluding carboxylic acids is 1. The van der Waals surface area contributed by atoms with E-state index in [1.807, 2.05) is 0 Å². The number of hydrogen-bond acceptors (Lipinski definition) is 4. The first kappa shape index (κ1) is 12.4. The molecule has 0 saturated heterocycles. The van der Waals surface area contributed by atoms with Crippen LogP contribution in [0.15, 0.2) is 4.52 Å². The molecule has 0 radical (unpaired) electrons. The number of carbonyl (C=O) groups is 1. The van der Waals surface area contributed by atoms with Crippen molar-refractivity contribution in [2.45, 2.75) is 50.9 Å². The first-order valence-electron chi connectivity index (χ1n) is 7.59. The van der Waals surface area contributed by atoms with E-state index in [9.17, 15) is 4.79 Å². The van der Waals surface area contributed by atoms with Crippen LogP contribution in [0, 0.1) is 24.7 Å². The number of nitrogens with one attached hydrogen (secondary N) is 1. The van der Waals surface area contributed by atoms with Gasteiger partial charge in [0.15, 0.2) is 0 Å². The van der Waals surface area contributed by atoms with Gasteiger partial charge in [-0.25, -0.2) is 5.84 Å². The van der Waals surface area contributed by atoms with Crippen LogP contribution >= 0.6 is 0 Å². The molecule has 0 unspecified atom stereocenters. The predicted molar refractivity (Wildman–Crippen MR) is 72.7 cm³/mol. The van der Waals surface area contributed by atoms with Crippen LogP contribution in [0.5, 0.6) is 0 Å². The Balaban J connectivity index is 1.79. The summed E-state index contributed by atoms with van der Waals surface area (Å²) in [7, 11) is 0. The second-order valence-corrected chi connectivity index (χ2v) is 7.13. The largest absolute Gasteiger partial charge is 0.361 e. The molecule has 4 fully saturated rings. The molecule has 1 amide bonds. The van der Waals surface area contributed by atoms with Crippen LogP contribution in [0.4, 0.5) is 0 Å². The van der Waals surface area contributed by atoms with Crippen molar-refractivity contribution in [1.29, 1.82) is 0 Å². The van der Waals surface area contributed by atoms with E-state index < -0.39 is 0 Å². The molecule has 4 aliphatic rings. The summed E-state index contributed by atoms with van der Waals surface area (Å²) in [5.74, 6) is 8.07. The summed E-state index contributed by atoms with van der Waals surface area (Å²) in [5.41, 5.74) is 3.76. The van der Waals surface area contributed by atoms with Gasteiger partial charge in [-0.3, -0.25) is 10.2 Å². The zero-order valence-electron chi connectivity index (χ0n) is 11.8. The van der Waals surface area contributed by atoms with Gasteiger partial charge in [0, 0.05) is 5.41 Å². The first-order valence-corrected chi connectivity index (χ1v) is 7.59. The fourth-order valence-electron chi connectivity index (χ4n) is 5.47. The lowest BCUT2D eigenvalue weighted by atomic mass is 9.48. The molecule has 3 N–H and O–H groups in total. The molecule has 20 heavy (non-hydrogen) atoms. The highest BCUT2D eigenvalue weighted by Gasteiger charge is 2.54. The molecule has 108 valence electrons. The third kappa shape index (κ3) is 1.59. The van der Waals surface area contributed by atoms with Crippen LogP contribution < -0.4 is 11.3 Å². The van der Waals surface area contributed by atoms with Gasteiger partial charge < -0.3 is 4.52 Å². The second kappa shape index (κ2) is 4.07. The lowest BCUT2D eigenvalue weighted by molar-refractivity contribution is -0.00879. The first-order chi connectivity index (χ1) is 9.61. The number of nitrogens with zero attached hydrogens (tertiary/aromatic N) is 1. The molecule has 5 rings (SSSR count). The van der Waals surface area contributed by atoms with Crippen LogP contribution in [0.2, 0.25) is 0 Å². The van der Waals surface area contributed by atoms with Gasteiger partial charge >= 0.3 is 0 Å². The Morgan fingerprint density at radius 2 is 1.80 bits per heavy atom. The molecule has 4 bridgehead atoms. The van der Waals surface area contributed by atoms with E-state index in [1.54, 1.807) is 6.92 Å². The topological polar surface area (TPSA) is 81.2 Å². The van der Waals surface area contributed by atoms with Crippen molar-refractivity contribution in [3.8, 4) is 0 Å². The third-order valence-electron chi connectivity index (χ3n) is 5.76. The minimum atomic E-state index is -0.269. The molecule has 0 atom stereocenters. The lowest BCUT2D eigenvalue weighted by Gasteiger charge is -2.56. The Morgan fingerprint density at radius 3 is 2.30 bits per heavy atom. The Bertz CT molecular complexity index is 528. The molecular formula is C15H21N3O2. The Kier molecular flexibility index (Phi) is 2.52. The Labute approximate surface area is 118 Å². The van der Waals surface area contributed by atoms with Crippen molar-refractivity contribution in [1.82, 2.24) is 10.6 Å². The molecule has 5 heteroatoms. The maximum absolute atomic E-state index is 12.1. The summed E-state index contributed by atoms with van der Waals surface area (Å²) in [6.07, 6.45) is 7.60. The predicted octanol–water partition coefficient (Wildman–Crippen LogP) is 2.05. The summed E-state index contributed by atoms with van der Waals surface area (Å²) in [5, 5.41) is 4.28. The van der Waals surface area contributed by atoms with Crippen molar-refractivity contribution in [2.24, 2.45) is 23.6 Å². The highest BCUT2D eigenvalue weighted by Crippen LogP contribution is 2.61. The van der Waals surface area contributed by atoms with E-state index >= 15 is 0 Å². The van der Waals surface area contributed by atoms with Crippen LogP contribution in [0.25, 0.3) is 0 Å². The van der Waals surface area contributed by atoms with Gasteiger partial charge in [-0.1, -0.05) is 5.16 Å². The normalized spacial score (nSPS) is 38.2. The maximum atomic E-state index is 12.1. The van der Waals surface area contributed by atoms with Crippen LogP contribution in [-0.2, 0) is 5.41 Å². The number of amides is 1. The lowest BCUT2D eigenvalue weighted by Crippen LogP contribution is -2.49. The molecule has 0 spiro atoms. The second-order valence-electron chi connectivity index (χ2n) is 7.13. The highest BCUT2D eigenvalue weighted by atomic mass is 16.5. The Morgan fingerprint density at radius 1 is 1.25 bits per heavy atom. The number of aryl methyl sites for hydroxylation is 1. The van der Waals surface area contributed by atoms with E-state index in [-0.39, 0.29) is 11.3 Å². The molecule has 1 heterocycles. The molecule has 0 aromatic carbocycles. The van der Waals surface area contributed by atoms with Crippen LogP contribution in [0.3, 0.4) is 0 Å². The van der Waals surface area contributed by atoms with Crippen molar-refractivity contribution in [2.75, 3.05) is 0 Å². The summed E-state index contributed by atoms with van der Waals surface area (Å²) in [6, 6.07) is 0. The van der Waals surface area contributed by atoms with Gasteiger partial charge in [0.1, 0.15) is 17.0 Å². The van der Waals surface area contributed by atoms with Gasteiger partial charge in [0.05, 0.1) is 0 Å². The summed E-state index contributed by atoms with van der Waals surface area (Å²) >= 11 is 0.